The molecule has 1 aromatic carbocycles. The number of hydrogen-bond acceptors (Lipinski definition) is 5. The predicted molar refractivity (Wildman–Crippen MR) is 121 cm³/mol. The number of piperidine rings is 1. The zero-order valence-corrected chi connectivity index (χ0v) is 18.4. The maximum absolute atomic E-state index is 12.8. The Morgan fingerprint density at radius 1 is 0.848 bits per heavy atom. The van der Waals surface area contributed by atoms with E-state index in [9.17, 15) is 13.2 Å². The lowest BCUT2D eigenvalue weighted by atomic mass is 10.1. The van der Waals surface area contributed by atoms with Crippen LogP contribution in [0.3, 0.4) is 0 Å². The second-order valence-corrected chi connectivity index (χ2v) is 8.77. The number of fused-ring (bicyclic) bond motifs is 1. The van der Waals surface area contributed by atoms with E-state index in [2.05, 4.69) is 36.9 Å². The van der Waals surface area contributed by atoms with E-state index in [1.165, 1.54) is 37.0 Å². The summed E-state index contributed by atoms with van der Waals surface area (Å²) < 4.78 is 38.4. The number of rotatable bonds is 4. The summed E-state index contributed by atoms with van der Waals surface area (Å²) in [6.07, 6.45) is 3.99. The van der Waals surface area contributed by atoms with Gasteiger partial charge in [-0.3, -0.25) is 4.90 Å². The molecule has 2 aliphatic heterocycles. The number of anilines is 1. The van der Waals surface area contributed by atoms with Gasteiger partial charge in [0.2, 0.25) is 0 Å². The molecule has 0 spiro atoms. The van der Waals surface area contributed by atoms with Gasteiger partial charge in [0.1, 0.15) is 5.82 Å². The quantitative estimate of drug-likeness (QED) is 0.550. The third kappa shape index (κ3) is 5.00. The van der Waals surface area contributed by atoms with Crippen LogP contribution in [0.2, 0.25) is 0 Å². The summed E-state index contributed by atoms with van der Waals surface area (Å²) in [6.45, 7) is 4.60. The molecule has 172 valence electrons. The van der Waals surface area contributed by atoms with Crippen LogP contribution in [0.25, 0.3) is 11.4 Å². The van der Waals surface area contributed by atoms with Gasteiger partial charge in [0.15, 0.2) is 5.82 Å². The van der Waals surface area contributed by atoms with Crippen LogP contribution in [0, 0.1) is 0 Å². The number of alkyl halides is 3. The Kier molecular flexibility index (Phi) is 6.01. The normalized spacial score (nSPS) is 17.1. The molecule has 8 heteroatoms. The first-order valence-electron chi connectivity index (χ1n) is 11.4. The van der Waals surface area contributed by atoms with Crippen molar-refractivity contribution in [3.63, 3.8) is 0 Å². The van der Waals surface area contributed by atoms with Crippen molar-refractivity contribution < 1.29 is 13.2 Å². The maximum Gasteiger partial charge on any atom is 0.416 e. The smallest absolute Gasteiger partial charge is 0.357 e. The van der Waals surface area contributed by atoms with Crippen molar-refractivity contribution in [1.82, 2.24) is 19.9 Å². The fourth-order valence-electron chi connectivity index (χ4n) is 4.54. The summed E-state index contributed by atoms with van der Waals surface area (Å²) in [7, 11) is 0. The van der Waals surface area contributed by atoms with Crippen LogP contribution >= 0.6 is 0 Å². The number of hydrogen-bond donors (Lipinski definition) is 0. The molecule has 5 nitrogen and oxygen atoms in total. The fraction of sp³-hybridized carbons (Fsp3) is 0.400. The topological polar surface area (TPSA) is 45.2 Å². The van der Waals surface area contributed by atoms with Crippen LogP contribution in [0.4, 0.5) is 19.0 Å². The second-order valence-electron chi connectivity index (χ2n) is 8.77. The first kappa shape index (κ1) is 21.8. The van der Waals surface area contributed by atoms with Gasteiger partial charge in [0.05, 0.1) is 11.3 Å². The zero-order chi connectivity index (χ0) is 22.8. The molecule has 2 aliphatic rings. The molecule has 1 fully saturated rings. The van der Waals surface area contributed by atoms with Crippen molar-refractivity contribution in [2.24, 2.45) is 0 Å². The molecule has 0 N–H and O–H groups in total. The minimum absolute atomic E-state index is 0.466. The molecular weight excluding hydrogens is 427 g/mol. The molecule has 2 aromatic heterocycles. The highest BCUT2D eigenvalue weighted by Crippen LogP contribution is 2.31. The van der Waals surface area contributed by atoms with Crippen molar-refractivity contribution in [3.8, 4) is 11.4 Å². The van der Waals surface area contributed by atoms with E-state index in [0.717, 1.165) is 68.4 Å². The Balaban J connectivity index is 1.23. The lowest BCUT2D eigenvalue weighted by Crippen LogP contribution is -2.31. The Labute approximate surface area is 191 Å². The molecule has 33 heavy (non-hydrogen) atoms. The van der Waals surface area contributed by atoms with Crippen molar-refractivity contribution in [3.05, 3.63) is 71.2 Å². The summed E-state index contributed by atoms with van der Waals surface area (Å²) in [4.78, 5) is 18.5. The van der Waals surface area contributed by atoms with Gasteiger partial charge in [0.25, 0.3) is 0 Å². The Bertz CT molecular complexity index is 1090. The van der Waals surface area contributed by atoms with Gasteiger partial charge in [0, 0.05) is 62.7 Å². The van der Waals surface area contributed by atoms with Crippen LogP contribution in [0.5, 0.6) is 0 Å². The van der Waals surface area contributed by atoms with E-state index in [0.29, 0.717) is 11.4 Å². The monoisotopic (exact) mass is 453 g/mol. The molecule has 4 heterocycles. The lowest BCUT2D eigenvalue weighted by molar-refractivity contribution is -0.137. The molecular formula is C25H26F3N5. The van der Waals surface area contributed by atoms with E-state index in [1.54, 1.807) is 6.20 Å². The first-order valence-corrected chi connectivity index (χ1v) is 11.4. The summed E-state index contributed by atoms with van der Waals surface area (Å²) in [5.74, 6) is 1.53. The minimum atomic E-state index is -4.35. The molecule has 1 saturated heterocycles. The molecule has 0 radical (unpaired) electrons. The van der Waals surface area contributed by atoms with Gasteiger partial charge < -0.3 is 4.90 Å². The molecule has 0 saturated carbocycles. The second kappa shape index (κ2) is 9.09. The van der Waals surface area contributed by atoms with Crippen LogP contribution < -0.4 is 4.90 Å². The summed E-state index contributed by atoms with van der Waals surface area (Å²) >= 11 is 0. The number of nitrogens with zero attached hydrogens (tertiary/aromatic N) is 5. The molecule has 0 bridgehead atoms. The highest BCUT2D eigenvalue weighted by Gasteiger charge is 2.30. The Morgan fingerprint density at radius 3 is 2.33 bits per heavy atom. The maximum atomic E-state index is 12.8. The standard InChI is InChI=1S/C25H26F3N5/c26-25(27,28)21-7-5-19(6-8-21)24-30-15-20-17-32(13-10-22(20)31-24)16-18-4-9-23(29-14-18)33-11-2-1-3-12-33/h4-9,14-15H,1-3,10-13,16-17H2. The molecule has 5 rings (SSSR count). The van der Waals surface area contributed by atoms with Gasteiger partial charge in [-0.25, -0.2) is 15.0 Å². The lowest BCUT2D eigenvalue weighted by Gasteiger charge is -2.29. The molecule has 3 aromatic rings. The highest BCUT2D eigenvalue weighted by molar-refractivity contribution is 5.56. The largest absolute Gasteiger partial charge is 0.416 e. The first-order chi connectivity index (χ1) is 16.0. The number of benzene rings is 1. The van der Waals surface area contributed by atoms with Crippen molar-refractivity contribution in [2.75, 3.05) is 24.5 Å². The summed E-state index contributed by atoms with van der Waals surface area (Å²) in [6, 6.07) is 9.30. The number of halogens is 3. The van der Waals surface area contributed by atoms with Crippen molar-refractivity contribution in [1.29, 1.82) is 0 Å². The van der Waals surface area contributed by atoms with Crippen LogP contribution in [-0.4, -0.2) is 39.5 Å². The van der Waals surface area contributed by atoms with Gasteiger partial charge >= 0.3 is 6.18 Å². The van der Waals surface area contributed by atoms with Crippen LogP contribution in [0.15, 0.2) is 48.8 Å². The molecule has 0 amide bonds. The highest BCUT2D eigenvalue weighted by atomic mass is 19.4. The summed E-state index contributed by atoms with van der Waals surface area (Å²) in [5, 5.41) is 0. The van der Waals surface area contributed by atoms with Gasteiger partial charge in [-0.05, 0) is 43.0 Å². The van der Waals surface area contributed by atoms with Crippen LogP contribution in [0.1, 0.15) is 41.6 Å². The van der Waals surface area contributed by atoms with Crippen LogP contribution in [-0.2, 0) is 25.7 Å². The number of aromatic nitrogens is 3. The van der Waals surface area contributed by atoms with E-state index < -0.39 is 11.7 Å². The Hall–Kier alpha value is -3.00. The molecule has 0 aliphatic carbocycles. The third-order valence-corrected chi connectivity index (χ3v) is 6.38. The SMILES string of the molecule is FC(F)(F)c1ccc(-c2ncc3c(n2)CCN(Cc2ccc(N4CCCCC4)nc2)C3)cc1. The number of pyridine rings is 1. The van der Waals surface area contributed by atoms with Crippen molar-refractivity contribution >= 4 is 5.82 Å². The Morgan fingerprint density at radius 2 is 1.64 bits per heavy atom. The van der Waals surface area contributed by atoms with E-state index in [4.69, 9.17) is 0 Å². The van der Waals surface area contributed by atoms with E-state index in [-0.39, 0.29) is 0 Å². The molecule has 0 unspecified atom stereocenters. The zero-order valence-electron chi connectivity index (χ0n) is 18.4. The third-order valence-electron chi connectivity index (χ3n) is 6.38. The summed E-state index contributed by atoms with van der Waals surface area (Å²) in [5.41, 5.74) is 3.14. The fourth-order valence-corrected chi connectivity index (χ4v) is 4.54. The minimum Gasteiger partial charge on any atom is -0.357 e. The predicted octanol–water partition coefficient (Wildman–Crippen LogP) is 5.11. The van der Waals surface area contributed by atoms with Gasteiger partial charge in [-0.15, -0.1) is 0 Å². The van der Waals surface area contributed by atoms with Gasteiger partial charge in [-0.2, -0.15) is 13.2 Å². The van der Waals surface area contributed by atoms with Crippen molar-refractivity contribution in [2.45, 2.75) is 44.9 Å². The van der Waals surface area contributed by atoms with E-state index >= 15 is 0 Å². The average molecular weight is 454 g/mol. The molecule has 0 atom stereocenters. The van der Waals surface area contributed by atoms with Gasteiger partial charge in [-0.1, -0.05) is 18.2 Å². The average Bonchev–Trinajstić information content (AvgIpc) is 2.84. The van der Waals surface area contributed by atoms with E-state index in [1.807, 2.05) is 6.20 Å².